The van der Waals surface area contributed by atoms with Crippen LogP contribution in [0.2, 0.25) is 5.02 Å². The van der Waals surface area contributed by atoms with Crippen molar-refractivity contribution in [1.29, 1.82) is 0 Å². The highest BCUT2D eigenvalue weighted by atomic mass is 35.5. The number of rotatable bonds is 6. The van der Waals surface area contributed by atoms with Crippen molar-refractivity contribution in [2.45, 2.75) is 45.0 Å². The standard InChI is InChI=1S/C20H28ClN3O2S/c1-13(2)10-23-7-8-26-16(11-23)12-27-20-22-18-9-15(21)5-6-17(18)19(25)24(20)14(3)4/h5-6,9,13-14,16H,7-8,10-12H2,1-4H3/p+1/t16-/m0/s1. The van der Waals surface area contributed by atoms with Gasteiger partial charge in [0, 0.05) is 22.7 Å². The third-order valence-corrected chi connectivity index (χ3v) is 6.09. The first-order chi connectivity index (χ1) is 12.8. The molecule has 2 atom stereocenters. The van der Waals surface area contributed by atoms with Crippen LogP contribution in [0.5, 0.6) is 0 Å². The van der Waals surface area contributed by atoms with Crippen LogP contribution < -0.4 is 10.5 Å². The van der Waals surface area contributed by atoms with Crippen LogP contribution in [0.1, 0.15) is 33.7 Å². The molecule has 1 aromatic carbocycles. The molecule has 1 aromatic heterocycles. The molecule has 1 unspecified atom stereocenters. The Kier molecular flexibility index (Phi) is 6.84. The third kappa shape index (κ3) is 5.05. The van der Waals surface area contributed by atoms with E-state index >= 15 is 0 Å². The number of nitrogens with one attached hydrogen (secondary N) is 1. The summed E-state index contributed by atoms with van der Waals surface area (Å²) in [6.45, 7) is 12.6. The topological polar surface area (TPSA) is 48.6 Å². The SMILES string of the molecule is CC(C)C[NH+]1CCO[C@H](CSc2nc3cc(Cl)ccc3c(=O)n2C(C)C)C1. The van der Waals surface area contributed by atoms with Crippen LogP contribution in [0, 0.1) is 5.92 Å². The number of morpholine rings is 1. The van der Waals surface area contributed by atoms with Crippen LogP contribution in [0.25, 0.3) is 10.9 Å². The number of hydrogen-bond acceptors (Lipinski definition) is 4. The summed E-state index contributed by atoms with van der Waals surface area (Å²) in [5.41, 5.74) is 0.648. The average Bonchev–Trinajstić information content (AvgIpc) is 2.59. The van der Waals surface area contributed by atoms with E-state index in [0.29, 0.717) is 21.8 Å². The normalized spacial score (nSPS) is 20.7. The summed E-state index contributed by atoms with van der Waals surface area (Å²) in [6, 6.07) is 5.31. The first-order valence-electron chi connectivity index (χ1n) is 9.65. The molecule has 0 bridgehead atoms. The van der Waals surface area contributed by atoms with Gasteiger partial charge in [-0.1, -0.05) is 37.2 Å². The quantitative estimate of drug-likeness (QED) is 0.587. The molecule has 0 aliphatic carbocycles. The van der Waals surface area contributed by atoms with Gasteiger partial charge in [-0.05, 0) is 32.0 Å². The Hall–Kier alpha value is -1.08. The summed E-state index contributed by atoms with van der Waals surface area (Å²) in [7, 11) is 0. The van der Waals surface area contributed by atoms with E-state index in [1.807, 2.05) is 13.8 Å². The van der Waals surface area contributed by atoms with E-state index in [0.717, 1.165) is 30.6 Å². The molecule has 1 aliphatic heterocycles. The minimum Gasteiger partial charge on any atom is -0.366 e. The summed E-state index contributed by atoms with van der Waals surface area (Å²) in [5.74, 6) is 1.48. The van der Waals surface area contributed by atoms with E-state index in [2.05, 4.69) is 13.8 Å². The zero-order chi connectivity index (χ0) is 19.6. The molecule has 0 amide bonds. The molecule has 0 saturated carbocycles. The minimum atomic E-state index is -0.00853. The van der Waals surface area contributed by atoms with Gasteiger partial charge in [-0.2, -0.15) is 0 Å². The lowest BCUT2D eigenvalue weighted by Gasteiger charge is -2.31. The molecular weight excluding hydrogens is 382 g/mol. The minimum absolute atomic E-state index is 0.00853. The first-order valence-corrected chi connectivity index (χ1v) is 11.0. The molecule has 1 N–H and O–H groups in total. The largest absolute Gasteiger partial charge is 0.366 e. The lowest BCUT2D eigenvalue weighted by Crippen LogP contribution is -3.15. The molecule has 3 rings (SSSR count). The van der Waals surface area contributed by atoms with Crippen molar-refractivity contribution in [1.82, 2.24) is 9.55 Å². The molecule has 1 saturated heterocycles. The number of halogens is 1. The molecule has 2 heterocycles. The fourth-order valence-electron chi connectivity index (χ4n) is 3.60. The molecular formula is C20H29ClN3O2S+. The van der Waals surface area contributed by atoms with E-state index < -0.39 is 0 Å². The van der Waals surface area contributed by atoms with Gasteiger partial charge in [0.2, 0.25) is 0 Å². The first kappa shape index (κ1) is 20.6. The van der Waals surface area contributed by atoms with Crippen molar-refractivity contribution in [2.75, 3.05) is 32.0 Å². The highest BCUT2D eigenvalue weighted by Gasteiger charge is 2.25. The van der Waals surface area contributed by atoms with Gasteiger partial charge in [-0.25, -0.2) is 4.98 Å². The number of thioether (sulfide) groups is 1. The second kappa shape index (κ2) is 8.95. The van der Waals surface area contributed by atoms with Gasteiger partial charge in [-0.3, -0.25) is 9.36 Å². The maximum atomic E-state index is 13.0. The van der Waals surface area contributed by atoms with Crippen LogP contribution in [0.15, 0.2) is 28.2 Å². The van der Waals surface area contributed by atoms with Crippen LogP contribution in [-0.2, 0) is 4.74 Å². The summed E-state index contributed by atoms with van der Waals surface area (Å²) in [6.07, 6.45) is 0.185. The van der Waals surface area contributed by atoms with E-state index in [1.165, 1.54) is 6.54 Å². The predicted octanol–water partition coefficient (Wildman–Crippen LogP) is 2.66. The van der Waals surface area contributed by atoms with Gasteiger partial charge >= 0.3 is 0 Å². The van der Waals surface area contributed by atoms with Crippen LogP contribution >= 0.6 is 23.4 Å². The lowest BCUT2D eigenvalue weighted by atomic mass is 10.2. The second-order valence-electron chi connectivity index (χ2n) is 7.93. The van der Waals surface area contributed by atoms with Gasteiger partial charge < -0.3 is 9.64 Å². The Morgan fingerprint density at radius 2 is 2.15 bits per heavy atom. The van der Waals surface area contributed by atoms with Crippen molar-refractivity contribution in [2.24, 2.45) is 5.92 Å². The number of aromatic nitrogens is 2. The van der Waals surface area contributed by atoms with Crippen molar-refractivity contribution in [3.63, 3.8) is 0 Å². The number of nitrogens with zero attached hydrogens (tertiary/aromatic N) is 2. The van der Waals surface area contributed by atoms with Crippen LogP contribution in [0.4, 0.5) is 0 Å². The average molecular weight is 411 g/mol. The van der Waals surface area contributed by atoms with Gasteiger partial charge in [-0.15, -0.1) is 0 Å². The van der Waals surface area contributed by atoms with Gasteiger partial charge in [0.25, 0.3) is 5.56 Å². The van der Waals surface area contributed by atoms with Crippen LogP contribution in [0.3, 0.4) is 0 Å². The van der Waals surface area contributed by atoms with Crippen molar-refractivity contribution >= 4 is 34.3 Å². The maximum Gasteiger partial charge on any atom is 0.262 e. The Balaban J connectivity index is 1.81. The predicted molar refractivity (Wildman–Crippen MR) is 112 cm³/mol. The molecule has 2 aromatic rings. The van der Waals surface area contributed by atoms with Crippen molar-refractivity contribution < 1.29 is 9.64 Å². The summed E-state index contributed by atoms with van der Waals surface area (Å²) in [5, 5.41) is 1.94. The van der Waals surface area contributed by atoms with Crippen LogP contribution in [-0.4, -0.2) is 47.6 Å². The Labute approximate surface area is 170 Å². The Morgan fingerprint density at radius 3 is 2.85 bits per heavy atom. The van der Waals surface area contributed by atoms with Crippen molar-refractivity contribution in [3.05, 3.63) is 33.6 Å². The second-order valence-corrected chi connectivity index (χ2v) is 9.35. The number of fused-ring (bicyclic) bond motifs is 1. The molecule has 7 heteroatoms. The zero-order valence-electron chi connectivity index (χ0n) is 16.5. The van der Waals surface area contributed by atoms with E-state index in [-0.39, 0.29) is 17.7 Å². The number of ether oxygens (including phenoxy) is 1. The number of quaternary nitrogens is 1. The summed E-state index contributed by atoms with van der Waals surface area (Å²) < 4.78 is 7.75. The highest BCUT2D eigenvalue weighted by Crippen LogP contribution is 2.23. The summed E-state index contributed by atoms with van der Waals surface area (Å²) in [4.78, 5) is 19.3. The fraction of sp³-hybridized carbons (Fsp3) is 0.600. The third-order valence-electron chi connectivity index (χ3n) is 4.77. The Bertz CT molecular complexity index is 853. The lowest BCUT2D eigenvalue weighted by molar-refractivity contribution is -0.914. The monoisotopic (exact) mass is 410 g/mol. The van der Waals surface area contributed by atoms with Crippen molar-refractivity contribution in [3.8, 4) is 0 Å². The highest BCUT2D eigenvalue weighted by molar-refractivity contribution is 7.99. The molecule has 1 fully saturated rings. The van der Waals surface area contributed by atoms with E-state index in [9.17, 15) is 4.79 Å². The number of benzene rings is 1. The number of hydrogen-bond donors (Lipinski definition) is 1. The smallest absolute Gasteiger partial charge is 0.262 e. The molecule has 0 spiro atoms. The molecule has 0 radical (unpaired) electrons. The zero-order valence-corrected chi connectivity index (χ0v) is 18.1. The summed E-state index contributed by atoms with van der Waals surface area (Å²) >= 11 is 7.71. The van der Waals surface area contributed by atoms with E-state index in [4.69, 9.17) is 21.3 Å². The molecule has 1 aliphatic rings. The van der Waals surface area contributed by atoms with Gasteiger partial charge in [0.05, 0.1) is 24.1 Å². The fourth-order valence-corrected chi connectivity index (χ4v) is 4.91. The molecule has 148 valence electrons. The molecule has 27 heavy (non-hydrogen) atoms. The van der Waals surface area contributed by atoms with Gasteiger partial charge in [0.1, 0.15) is 19.2 Å². The van der Waals surface area contributed by atoms with E-state index in [1.54, 1.807) is 39.4 Å². The van der Waals surface area contributed by atoms with Gasteiger partial charge in [0.15, 0.2) is 5.16 Å². The molecule has 5 nitrogen and oxygen atoms in total. The Morgan fingerprint density at radius 1 is 1.37 bits per heavy atom. The maximum absolute atomic E-state index is 13.0.